The summed E-state index contributed by atoms with van der Waals surface area (Å²) in [5.41, 5.74) is 0.482. The van der Waals surface area contributed by atoms with Gasteiger partial charge < -0.3 is 15.2 Å². The Morgan fingerprint density at radius 1 is 1.37 bits per heavy atom. The van der Waals surface area contributed by atoms with E-state index in [-0.39, 0.29) is 18.2 Å². The minimum atomic E-state index is -0.817. The van der Waals surface area contributed by atoms with Crippen molar-refractivity contribution >= 4 is 11.9 Å². The highest BCUT2D eigenvalue weighted by atomic mass is 16.5. The number of hydrogen-bond acceptors (Lipinski definition) is 3. The van der Waals surface area contributed by atoms with Gasteiger partial charge >= 0.3 is 5.97 Å². The summed E-state index contributed by atoms with van der Waals surface area (Å²) in [6.45, 7) is 2.36. The third kappa shape index (κ3) is 4.99. The number of amides is 1. The number of carboxylic acids is 1. The van der Waals surface area contributed by atoms with Crippen molar-refractivity contribution < 1.29 is 19.4 Å². The largest absolute Gasteiger partial charge is 0.496 e. The number of methoxy groups -OCH3 is 1. The second kappa shape index (κ2) is 7.41. The van der Waals surface area contributed by atoms with Gasteiger partial charge in [0.1, 0.15) is 5.75 Å². The van der Waals surface area contributed by atoms with Crippen LogP contribution in [0.3, 0.4) is 0 Å². The SMILES string of the molecule is COc1ccccc1C(=O)NCC(C)CCC(=O)O. The van der Waals surface area contributed by atoms with E-state index in [1.807, 2.05) is 6.92 Å². The van der Waals surface area contributed by atoms with E-state index in [0.29, 0.717) is 24.3 Å². The number of carbonyl (C=O) groups is 2. The molecule has 1 aromatic rings. The van der Waals surface area contributed by atoms with E-state index in [9.17, 15) is 9.59 Å². The van der Waals surface area contributed by atoms with Crippen LogP contribution >= 0.6 is 0 Å². The van der Waals surface area contributed by atoms with Crippen LogP contribution in [-0.2, 0) is 4.79 Å². The van der Waals surface area contributed by atoms with Crippen LogP contribution in [0.15, 0.2) is 24.3 Å². The Kier molecular flexibility index (Phi) is 5.85. The second-order valence-electron chi connectivity index (χ2n) is 4.45. The topological polar surface area (TPSA) is 75.6 Å². The molecule has 0 aliphatic rings. The number of carbonyl (C=O) groups excluding carboxylic acids is 1. The summed E-state index contributed by atoms with van der Waals surface area (Å²) in [4.78, 5) is 22.4. The molecule has 0 spiro atoms. The molecule has 0 aromatic heterocycles. The van der Waals surface area contributed by atoms with Gasteiger partial charge in [-0.1, -0.05) is 19.1 Å². The molecule has 2 N–H and O–H groups in total. The number of rotatable bonds is 7. The van der Waals surface area contributed by atoms with Crippen LogP contribution in [0.4, 0.5) is 0 Å². The maximum absolute atomic E-state index is 12.0. The van der Waals surface area contributed by atoms with Gasteiger partial charge in [-0.2, -0.15) is 0 Å². The van der Waals surface area contributed by atoms with Gasteiger partial charge in [0, 0.05) is 13.0 Å². The van der Waals surface area contributed by atoms with Crippen LogP contribution in [-0.4, -0.2) is 30.6 Å². The Morgan fingerprint density at radius 2 is 2.05 bits per heavy atom. The third-order valence-electron chi connectivity index (χ3n) is 2.81. The summed E-state index contributed by atoms with van der Waals surface area (Å²) in [6.07, 6.45) is 0.660. The van der Waals surface area contributed by atoms with E-state index in [4.69, 9.17) is 9.84 Å². The molecule has 5 heteroatoms. The van der Waals surface area contributed by atoms with Gasteiger partial charge in [0.05, 0.1) is 12.7 Å². The molecule has 0 fully saturated rings. The zero-order valence-electron chi connectivity index (χ0n) is 11.2. The molecule has 0 saturated carbocycles. The molecule has 1 rings (SSSR count). The van der Waals surface area contributed by atoms with Gasteiger partial charge in [0.15, 0.2) is 0 Å². The fraction of sp³-hybridized carbons (Fsp3) is 0.429. The Hall–Kier alpha value is -2.04. The summed E-state index contributed by atoms with van der Waals surface area (Å²) in [7, 11) is 1.52. The summed E-state index contributed by atoms with van der Waals surface area (Å²) < 4.78 is 5.11. The second-order valence-corrected chi connectivity index (χ2v) is 4.45. The van der Waals surface area contributed by atoms with Gasteiger partial charge in [-0.25, -0.2) is 0 Å². The first-order valence-corrected chi connectivity index (χ1v) is 6.17. The highest BCUT2D eigenvalue weighted by Gasteiger charge is 2.12. The molecule has 0 bridgehead atoms. The van der Waals surface area contributed by atoms with Gasteiger partial charge in [0.25, 0.3) is 5.91 Å². The van der Waals surface area contributed by atoms with E-state index in [1.165, 1.54) is 7.11 Å². The van der Waals surface area contributed by atoms with Crippen LogP contribution in [0.25, 0.3) is 0 Å². The van der Waals surface area contributed by atoms with Crippen molar-refractivity contribution in [2.75, 3.05) is 13.7 Å². The normalized spacial score (nSPS) is 11.7. The van der Waals surface area contributed by atoms with E-state index in [2.05, 4.69) is 5.32 Å². The molecule has 0 heterocycles. The molecular weight excluding hydrogens is 246 g/mol. The lowest BCUT2D eigenvalue weighted by Gasteiger charge is -2.13. The van der Waals surface area contributed by atoms with Crippen LogP contribution < -0.4 is 10.1 Å². The van der Waals surface area contributed by atoms with Crippen LogP contribution in [0.5, 0.6) is 5.75 Å². The molecule has 1 unspecified atom stereocenters. The van der Waals surface area contributed by atoms with Crippen LogP contribution in [0.2, 0.25) is 0 Å². The first kappa shape index (κ1) is 15.0. The summed E-state index contributed by atoms with van der Waals surface area (Å²) in [6, 6.07) is 6.98. The minimum absolute atomic E-state index is 0.117. The summed E-state index contributed by atoms with van der Waals surface area (Å²) in [5, 5.41) is 11.4. The van der Waals surface area contributed by atoms with Gasteiger partial charge in [0.2, 0.25) is 0 Å². The van der Waals surface area contributed by atoms with Crippen LogP contribution in [0.1, 0.15) is 30.1 Å². The molecule has 0 aliphatic heterocycles. The molecule has 1 atom stereocenters. The lowest BCUT2D eigenvalue weighted by atomic mass is 10.1. The van der Waals surface area contributed by atoms with Gasteiger partial charge in [-0.15, -0.1) is 0 Å². The average Bonchev–Trinajstić information content (AvgIpc) is 2.42. The predicted molar refractivity (Wildman–Crippen MR) is 71.4 cm³/mol. The fourth-order valence-corrected chi connectivity index (χ4v) is 1.67. The first-order chi connectivity index (χ1) is 9.04. The summed E-state index contributed by atoms with van der Waals surface area (Å²) in [5.74, 6) is -0.379. The Morgan fingerprint density at radius 3 is 2.68 bits per heavy atom. The monoisotopic (exact) mass is 265 g/mol. The Bertz CT molecular complexity index is 445. The molecule has 5 nitrogen and oxygen atoms in total. The molecule has 1 amide bonds. The smallest absolute Gasteiger partial charge is 0.303 e. The number of benzene rings is 1. The maximum atomic E-state index is 12.0. The highest BCUT2D eigenvalue weighted by Crippen LogP contribution is 2.17. The van der Waals surface area contributed by atoms with Crippen molar-refractivity contribution in [3.63, 3.8) is 0 Å². The van der Waals surface area contributed by atoms with Crippen molar-refractivity contribution in [2.24, 2.45) is 5.92 Å². The summed E-state index contributed by atoms with van der Waals surface area (Å²) >= 11 is 0. The van der Waals surface area contributed by atoms with E-state index in [0.717, 1.165) is 0 Å². The van der Waals surface area contributed by atoms with E-state index >= 15 is 0 Å². The first-order valence-electron chi connectivity index (χ1n) is 6.17. The zero-order chi connectivity index (χ0) is 14.3. The number of nitrogens with one attached hydrogen (secondary N) is 1. The Labute approximate surface area is 112 Å². The van der Waals surface area contributed by atoms with Crippen molar-refractivity contribution in [1.29, 1.82) is 0 Å². The number of hydrogen-bond donors (Lipinski definition) is 2. The number of para-hydroxylation sites is 1. The zero-order valence-corrected chi connectivity index (χ0v) is 11.2. The van der Waals surface area contributed by atoms with Crippen molar-refractivity contribution in [2.45, 2.75) is 19.8 Å². The van der Waals surface area contributed by atoms with Gasteiger partial charge in [-0.3, -0.25) is 9.59 Å². The fourth-order valence-electron chi connectivity index (χ4n) is 1.67. The van der Waals surface area contributed by atoms with E-state index in [1.54, 1.807) is 24.3 Å². The van der Waals surface area contributed by atoms with Gasteiger partial charge in [-0.05, 0) is 24.5 Å². The molecule has 19 heavy (non-hydrogen) atoms. The Balaban J connectivity index is 2.49. The van der Waals surface area contributed by atoms with Crippen LogP contribution in [0, 0.1) is 5.92 Å². The quantitative estimate of drug-likeness (QED) is 0.789. The average molecular weight is 265 g/mol. The van der Waals surface area contributed by atoms with Crippen molar-refractivity contribution in [1.82, 2.24) is 5.32 Å². The number of carboxylic acid groups (broad SMARTS) is 1. The molecule has 104 valence electrons. The molecule has 0 saturated heterocycles. The molecular formula is C14H19NO4. The lowest BCUT2D eigenvalue weighted by molar-refractivity contribution is -0.137. The molecule has 0 aliphatic carbocycles. The molecule has 0 radical (unpaired) electrons. The van der Waals surface area contributed by atoms with Crippen molar-refractivity contribution in [3.05, 3.63) is 29.8 Å². The predicted octanol–water partition coefficient (Wildman–Crippen LogP) is 1.93. The standard InChI is InChI=1S/C14H19NO4/c1-10(7-8-13(16)17)9-15-14(18)11-5-3-4-6-12(11)19-2/h3-6,10H,7-9H2,1-2H3,(H,15,18)(H,16,17). The molecule has 1 aromatic carbocycles. The minimum Gasteiger partial charge on any atom is -0.496 e. The highest BCUT2D eigenvalue weighted by molar-refractivity contribution is 5.96. The maximum Gasteiger partial charge on any atom is 0.303 e. The van der Waals surface area contributed by atoms with Crippen molar-refractivity contribution in [3.8, 4) is 5.75 Å². The third-order valence-corrected chi connectivity index (χ3v) is 2.81. The van der Waals surface area contributed by atoms with E-state index < -0.39 is 5.97 Å². The number of ether oxygens (including phenoxy) is 1. The lowest BCUT2D eigenvalue weighted by Crippen LogP contribution is -2.28. The number of aliphatic carboxylic acids is 1.